The van der Waals surface area contributed by atoms with Gasteiger partial charge in [-0.25, -0.2) is 0 Å². The fourth-order valence-corrected chi connectivity index (χ4v) is 2.53. The summed E-state index contributed by atoms with van der Waals surface area (Å²) in [6.45, 7) is 3.04. The van der Waals surface area contributed by atoms with Crippen LogP contribution in [0.5, 0.6) is 0 Å². The summed E-state index contributed by atoms with van der Waals surface area (Å²) >= 11 is 0. The fourth-order valence-electron chi connectivity index (χ4n) is 2.53. The summed E-state index contributed by atoms with van der Waals surface area (Å²) in [6.07, 6.45) is 0. The Hall–Kier alpha value is -1.43. The lowest BCUT2D eigenvalue weighted by atomic mass is 9.98. The molecule has 20 heavy (non-hydrogen) atoms. The molecule has 1 fully saturated rings. The second-order valence-corrected chi connectivity index (χ2v) is 4.95. The van der Waals surface area contributed by atoms with Gasteiger partial charge in [-0.05, 0) is 5.56 Å². The Bertz CT molecular complexity index is 424. The molecule has 0 radical (unpaired) electrons. The Labute approximate surface area is 119 Å². The monoisotopic (exact) mass is 278 g/mol. The Morgan fingerprint density at radius 2 is 2.25 bits per heavy atom. The zero-order chi connectivity index (χ0) is 14.4. The Morgan fingerprint density at radius 3 is 2.90 bits per heavy atom. The number of ether oxygens (including phenoxy) is 2. The van der Waals surface area contributed by atoms with Crippen molar-refractivity contribution in [3.05, 3.63) is 35.9 Å². The number of nitrogens with zero attached hydrogens (tertiary/aromatic N) is 1. The molecule has 2 atom stereocenters. The van der Waals surface area contributed by atoms with Gasteiger partial charge >= 0.3 is 5.97 Å². The van der Waals surface area contributed by atoms with Gasteiger partial charge in [0, 0.05) is 25.6 Å². The number of carbonyl (C=O) groups excluding carboxylic acids is 1. The van der Waals surface area contributed by atoms with Crippen LogP contribution in [0.2, 0.25) is 0 Å². The van der Waals surface area contributed by atoms with Crippen molar-refractivity contribution in [1.29, 1.82) is 0 Å². The number of benzene rings is 1. The van der Waals surface area contributed by atoms with E-state index in [2.05, 4.69) is 17.0 Å². The van der Waals surface area contributed by atoms with Crippen LogP contribution in [0.15, 0.2) is 30.3 Å². The molecule has 0 bridgehead atoms. The van der Waals surface area contributed by atoms with E-state index in [1.807, 2.05) is 18.2 Å². The molecule has 1 saturated heterocycles. The van der Waals surface area contributed by atoms with Crippen LogP contribution in [-0.2, 0) is 14.3 Å². The highest BCUT2D eigenvalue weighted by atomic mass is 16.5. The minimum atomic E-state index is -0.327. The molecule has 1 heterocycles. The molecule has 110 valence electrons. The normalized spacial score (nSPS) is 21.4. The van der Waals surface area contributed by atoms with E-state index in [1.165, 1.54) is 12.7 Å². The molecule has 0 amide bonds. The maximum absolute atomic E-state index is 11.8. The molecule has 0 saturated carbocycles. The fraction of sp³-hybridized carbons (Fsp3) is 0.533. The zero-order valence-corrected chi connectivity index (χ0v) is 11.8. The SMILES string of the molecule is COC(=O)C1COCCN1CC(CN)c1ccccc1. The highest BCUT2D eigenvalue weighted by Crippen LogP contribution is 2.19. The lowest BCUT2D eigenvalue weighted by molar-refractivity contribution is -0.153. The first-order valence-corrected chi connectivity index (χ1v) is 6.91. The van der Waals surface area contributed by atoms with Gasteiger partial charge in [0.15, 0.2) is 0 Å². The summed E-state index contributed by atoms with van der Waals surface area (Å²) in [6, 6.07) is 9.83. The van der Waals surface area contributed by atoms with Crippen molar-refractivity contribution in [1.82, 2.24) is 4.90 Å². The third kappa shape index (κ3) is 3.56. The first kappa shape index (κ1) is 15.0. The first-order valence-electron chi connectivity index (χ1n) is 6.91. The van der Waals surface area contributed by atoms with Crippen LogP contribution in [0.3, 0.4) is 0 Å². The van der Waals surface area contributed by atoms with E-state index in [0.29, 0.717) is 19.8 Å². The van der Waals surface area contributed by atoms with Gasteiger partial charge in [0.05, 0.1) is 20.3 Å². The first-order chi connectivity index (χ1) is 9.76. The number of rotatable bonds is 5. The quantitative estimate of drug-likeness (QED) is 0.799. The van der Waals surface area contributed by atoms with Crippen LogP contribution in [-0.4, -0.2) is 56.9 Å². The van der Waals surface area contributed by atoms with Gasteiger partial charge in [0.25, 0.3) is 0 Å². The number of nitrogens with two attached hydrogens (primary N) is 1. The highest BCUT2D eigenvalue weighted by molar-refractivity contribution is 5.75. The minimum absolute atomic E-state index is 0.210. The third-order valence-corrected chi connectivity index (χ3v) is 3.72. The predicted octanol–water partition coefficient (Wildman–Crippen LogP) is 0.603. The molecule has 2 unspecified atom stereocenters. The van der Waals surface area contributed by atoms with Crippen molar-refractivity contribution in [2.24, 2.45) is 5.73 Å². The van der Waals surface area contributed by atoms with Crippen LogP contribution in [0, 0.1) is 0 Å². The predicted molar refractivity (Wildman–Crippen MR) is 76.4 cm³/mol. The average molecular weight is 278 g/mol. The number of carbonyl (C=O) groups is 1. The Balaban J connectivity index is 2.07. The number of hydrogen-bond donors (Lipinski definition) is 1. The Kier molecular flexibility index (Phi) is 5.52. The van der Waals surface area contributed by atoms with Gasteiger partial charge in [-0.2, -0.15) is 0 Å². The average Bonchev–Trinajstić information content (AvgIpc) is 2.53. The second-order valence-electron chi connectivity index (χ2n) is 4.95. The lowest BCUT2D eigenvalue weighted by Crippen LogP contribution is -2.52. The molecule has 2 N–H and O–H groups in total. The molecule has 5 nitrogen and oxygen atoms in total. The van der Waals surface area contributed by atoms with Crippen LogP contribution in [0.25, 0.3) is 0 Å². The summed E-state index contributed by atoms with van der Waals surface area (Å²) < 4.78 is 10.2. The summed E-state index contributed by atoms with van der Waals surface area (Å²) in [4.78, 5) is 13.9. The van der Waals surface area contributed by atoms with Crippen molar-refractivity contribution in [2.75, 3.05) is 40.0 Å². The maximum Gasteiger partial charge on any atom is 0.325 e. The van der Waals surface area contributed by atoms with Crippen molar-refractivity contribution >= 4 is 5.97 Å². The van der Waals surface area contributed by atoms with Crippen LogP contribution < -0.4 is 5.73 Å². The minimum Gasteiger partial charge on any atom is -0.468 e. The van der Waals surface area contributed by atoms with E-state index in [4.69, 9.17) is 15.2 Å². The molecule has 0 aliphatic carbocycles. The zero-order valence-electron chi connectivity index (χ0n) is 11.8. The molecule has 1 aromatic rings. The molecule has 1 aromatic carbocycles. The molecular weight excluding hydrogens is 256 g/mol. The Morgan fingerprint density at radius 1 is 1.50 bits per heavy atom. The topological polar surface area (TPSA) is 64.8 Å². The van der Waals surface area contributed by atoms with Crippen molar-refractivity contribution in [3.8, 4) is 0 Å². The van der Waals surface area contributed by atoms with Crippen molar-refractivity contribution in [2.45, 2.75) is 12.0 Å². The summed E-state index contributed by atoms with van der Waals surface area (Å²) in [7, 11) is 1.41. The van der Waals surface area contributed by atoms with E-state index in [0.717, 1.165) is 13.1 Å². The smallest absolute Gasteiger partial charge is 0.325 e. The van der Waals surface area contributed by atoms with E-state index >= 15 is 0 Å². The third-order valence-electron chi connectivity index (χ3n) is 3.72. The van der Waals surface area contributed by atoms with Gasteiger partial charge in [0.2, 0.25) is 0 Å². The molecular formula is C15H22N2O3. The number of hydrogen-bond acceptors (Lipinski definition) is 5. The van der Waals surface area contributed by atoms with Crippen LogP contribution >= 0.6 is 0 Å². The van der Waals surface area contributed by atoms with Gasteiger partial charge < -0.3 is 15.2 Å². The number of methoxy groups -OCH3 is 1. The maximum atomic E-state index is 11.8. The molecule has 1 aliphatic rings. The standard InChI is InChI=1S/C15H22N2O3/c1-19-15(18)14-11-20-8-7-17(14)10-13(9-16)12-5-3-2-4-6-12/h2-6,13-14H,7-11,16H2,1H3. The van der Waals surface area contributed by atoms with Crippen LogP contribution in [0.4, 0.5) is 0 Å². The van der Waals surface area contributed by atoms with E-state index in [-0.39, 0.29) is 17.9 Å². The summed E-state index contributed by atoms with van der Waals surface area (Å²) in [5, 5.41) is 0. The highest BCUT2D eigenvalue weighted by Gasteiger charge is 2.31. The molecule has 0 aromatic heterocycles. The summed E-state index contributed by atoms with van der Waals surface area (Å²) in [5.74, 6) is -0.0324. The van der Waals surface area contributed by atoms with E-state index < -0.39 is 0 Å². The molecule has 0 spiro atoms. The van der Waals surface area contributed by atoms with E-state index in [9.17, 15) is 4.79 Å². The van der Waals surface area contributed by atoms with Crippen molar-refractivity contribution < 1.29 is 14.3 Å². The molecule has 1 aliphatic heterocycles. The largest absolute Gasteiger partial charge is 0.468 e. The van der Waals surface area contributed by atoms with Gasteiger partial charge in [0.1, 0.15) is 6.04 Å². The molecule has 2 rings (SSSR count). The van der Waals surface area contributed by atoms with Gasteiger partial charge in [-0.1, -0.05) is 30.3 Å². The number of esters is 1. The van der Waals surface area contributed by atoms with Gasteiger partial charge in [-0.15, -0.1) is 0 Å². The molecule has 5 heteroatoms. The van der Waals surface area contributed by atoms with E-state index in [1.54, 1.807) is 0 Å². The number of morpholine rings is 1. The lowest BCUT2D eigenvalue weighted by Gasteiger charge is -2.35. The summed E-state index contributed by atoms with van der Waals surface area (Å²) in [5.41, 5.74) is 7.10. The second kappa shape index (κ2) is 7.38. The van der Waals surface area contributed by atoms with Crippen LogP contribution in [0.1, 0.15) is 11.5 Å². The van der Waals surface area contributed by atoms with Crippen molar-refractivity contribution in [3.63, 3.8) is 0 Å². The van der Waals surface area contributed by atoms with Gasteiger partial charge in [-0.3, -0.25) is 9.69 Å².